The monoisotopic (exact) mass is 232 g/mol. The number of hydrogen-bond acceptors (Lipinski definition) is 4. The number of primary amides is 1. The van der Waals surface area contributed by atoms with Gasteiger partial charge in [-0.3, -0.25) is 15.0 Å². The van der Waals surface area contributed by atoms with Crippen LogP contribution in [0.5, 0.6) is 0 Å². The molecule has 0 atom stereocenters. The van der Waals surface area contributed by atoms with E-state index in [0.29, 0.717) is 11.5 Å². The molecule has 7 heteroatoms. The van der Waals surface area contributed by atoms with Crippen LogP contribution in [-0.2, 0) is 4.79 Å². The molecule has 0 aromatic rings. The Bertz CT molecular complexity index is 267. The minimum Gasteiger partial charge on any atom is -0.392 e. The van der Waals surface area contributed by atoms with E-state index in [4.69, 9.17) is 23.7 Å². The Kier molecular flexibility index (Phi) is 5.80. The second-order valence-electron chi connectivity index (χ2n) is 3.38. The van der Waals surface area contributed by atoms with Crippen molar-refractivity contribution in [3.8, 4) is 0 Å². The third-order valence-corrected chi connectivity index (χ3v) is 1.83. The molecule has 0 saturated heterocycles. The minimum absolute atomic E-state index is 0.0396. The van der Waals surface area contributed by atoms with E-state index in [-0.39, 0.29) is 12.6 Å². The molecule has 0 heterocycles. The molecule has 0 rings (SSSR count). The van der Waals surface area contributed by atoms with Crippen LogP contribution in [0.2, 0.25) is 0 Å². The molecule has 0 aliphatic carbocycles. The molecule has 0 aliphatic heterocycles. The predicted molar refractivity (Wildman–Crippen MR) is 61.2 cm³/mol. The van der Waals surface area contributed by atoms with Crippen molar-refractivity contribution in [2.75, 3.05) is 13.1 Å². The SMILES string of the molecule is CC(C)N(CC(=O)NC(N)=O)CC(N)=S. The lowest BCUT2D eigenvalue weighted by Crippen LogP contribution is -2.46. The van der Waals surface area contributed by atoms with Crippen molar-refractivity contribution in [3.63, 3.8) is 0 Å². The van der Waals surface area contributed by atoms with Crippen molar-refractivity contribution in [2.45, 2.75) is 19.9 Å². The molecule has 0 aromatic carbocycles. The van der Waals surface area contributed by atoms with Gasteiger partial charge < -0.3 is 11.5 Å². The molecule has 5 N–H and O–H groups in total. The lowest BCUT2D eigenvalue weighted by Gasteiger charge is -2.24. The van der Waals surface area contributed by atoms with Gasteiger partial charge in [-0.1, -0.05) is 12.2 Å². The number of nitrogens with two attached hydrogens (primary N) is 2. The van der Waals surface area contributed by atoms with Gasteiger partial charge in [-0.2, -0.15) is 0 Å². The van der Waals surface area contributed by atoms with E-state index in [0.717, 1.165) is 0 Å². The largest absolute Gasteiger partial charge is 0.392 e. The first kappa shape index (κ1) is 13.8. The van der Waals surface area contributed by atoms with Crippen LogP contribution in [0.3, 0.4) is 0 Å². The van der Waals surface area contributed by atoms with Crippen LogP contribution < -0.4 is 16.8 Å². The van der Waals surface area contributed by atoms with Crippen molar-refractivity contribution in [1.82, 2.24) is 10.2 Å². The van der Waals surface area contributed by atoms with Crippen LogP contribution in [-0.4, -0.2) is 41.0 Å². The Balaban J connectivity index is 4.22. The summed E-state index contributed by atoms with van der Waals surface area (Å²) in [6.45, 7) is 4.17. The third kappa shape index (κ3) is 6.81. The van der Waals surface area contributed by atoms with Gasteiger partial charge in [0.05, 0.1) is 11.5 Å². The number of amides is 3. The van der Waals surface area contributed by atoms with E-state index < -0.39 is 11.9 Å². The Morgan fingerprint density at radius 1 is 1.33 bits per heavy atom. The number of thiocarbonyl (C=S) groups is 1. The van der Waals surface area contributed by atoms with E-state index in [2.05, 4.69) is 0 Å². The molecule has 0 aromatic heterocycles. The molecule has 0 fully saturated rings. The molecule has 0 unspecified atom stereocenters. The summed E-state index contributed by atoms with van der Waals surface area (Å²) in [7, 11) is 0. The maximum Gasteiger partial charge on any atom is 0.318 e. The summed E-state index contributed by atoms with van der Waals surface area (Å²) in [6.07, 6.45) is 0. The standard InChI is InChI=1S/C8H16N4O2S/c1-5(2)12(3-6(9)15)4-7(13)11-8(10)14/h5H,3-4H2,1-2H3,(H2,9,15)(H3,10,11,13,14). The average molecular weight is 232 g/mol. The topological polar surface area (TPSA) is 101 Å². The fourth-order valence-electron chi connectivity index (χ4n) is 0.983. The molecule has 0 aliphatic rings. The van der Waals surface area contributed by atoms with E-state index in [1.165, 1.54) is 0 Å². The van der Waals surface area contributed by atoms with Crippen LogP contribution >= 0.6 is 12.2 Å². The predicted octanol–water partition coefficient (Wildman–Crippen LogP) is -0.822. The normalized spacial score (nSPS) is 10.4. The second-order valence-corrected chi connectivity index (χ2v) is 3.90. The third-order valence-electron chi connectivity index (χ3n) is 1.70. The van der Waals surface area contributed by atoms with Crippen molar-refractivity contribution in [3.05, 3.63) is 0 Å². The first-order chi connectivity index (χ1) is 6.82. The summed E-state index contributed by atoms with van der Waals surface area (Å²) < 4.78 is 0. The number of imide groups is 1. The minimum atomic E-state index is -0.862. The van der Waals surface area contributed by atoms with Crippen molar-refractivity contribution >= 4 is 29.1 Å². The Hall–Kier alpha value is -1.21. The quantitative estimate of drug-likeness (QED) is 0.537. The lowest BCUT2D eigenvalue weighted by molar-refractivity contribution is -0.121. The van der Waals surface area contributed by atoms with Crippen LogP contribution in [0, 0.1) is 0 Å². The summed E-state index contributed by atoms with van der Waals surface area (Å²) in [6, 6.07) is -0.760. The van der Waals surface area contributed by atoms with Gasteiger partial charge >= 0.3 is 6.03 Å². The highest BCUT2D eigenvalue weighted by molar-refractivity contribution is 7.80. The number of carbonyl (C=O) groups is 2. The average Bonchev–Trinajstić information content (AvgIpc) is 1.99. The second kappa shape index (κ2) is 6.31. The summed E-state index contributed by atoms with van der Waals surface area (Å²) in [5, 5.41) is 1.98. The number of nitrogens with one attached hydrogen (secondary N) is 1. The molecular weight excluding hydrogens is 216 g/mol. The fraction of sp³-hybridized carbons (Fsp3) is 0.625. The smallest absolute Gasteiger partial charge is 0.318 e. The Morgan fingerprint density at radius 2 is 1.87 bits per heavy atom. The zero-order chi connectivity index (χ0) is 12.0. The van der Waals surface area contributed by atoms with E-state index in [1.807, 2.05) is 19.2 Å². The van der Waals surface area contributed by atoms with Gasteiger partial charge in [-0.15, -0.1) is 0 Å². The molecule has 6 nitrogen and oxygen atoms in total. The number of carbonyl (C=O) groups excluding carboxylic acids is 2. The van der Waals surface area contributed by atoms with E-state index in [1.54, 1.807) is 4.90 Å². The maximum atomic E-state index is 11.2. The molecule has 3 amide bonds. The zero-order valence-electron chi connectivity index (χ0n) is 8.82. The number of urea groups is 1. The maximum absolute atomic E-state index is 11.2. The molecule has 0 saturated carbocycles. The fourth-order valence-corrected chi connectivity index (χ4v) is 1.15. The summed E-state index contributed by atoms with van der Waals surface area (Å²) in [5.74, 6) is -0.465. The van der Waals surface area contributed by atoms with Crippen molar-refractivity contribution < 1.29 is 9.59 Å². The zero-order valence-corrected chi connectivity index (χ0v) is 9.63. The van der Waals surface area contributed by atoms with Crippen LogP contribution in [0.1, 0.15) is 13.8 Å². The first-order valence-corrected chi connectivity index (χ1v) is 4.85. The van der Waals surface area contributed by atoms with Crippen molar-refractivity contribution in [1.29, 1.82) is 0 Å². The van der Waals surface area contributed by atoms with Gasteiger partial charge in [0.15, 0.2) is 0 Å². The molecular formula is C8H16N4O2S. The summed E-state index contributed by atoms with van der Waals surface area (Å²) in [4.78, 5) is 23.7. The van der Waals surface area contributed by atoms with Gasteiger partial charge in [0, 0.05) is 12.6 Å². The first-order valence-electron chi connectivity index (χ1n) is 4.44. The van der Waals surface area contributed by atoms with Crippen LogP contribution in [0.25, 0.3) is 0 Å². The highest BCUT2D eigenvalue weighted by atomic mass is 32.1. The Labute approximate surface area is 94.0 Å². The summed E-state index contributed by atoms with van der Waals surface area (Å²) in [5.41, 5.74) is 10.2. The lowest BCUT2D eigenvalue weighted by atomic mass is 10.3. The number of nitrogens with zero attached hydrogens (tertiary/aromatic N) is 1. The molecule has 86 valence electrons. The van der Waals surface area contributed by atoms with Gasteiger partial charge in [0.2, 0.25) is 5.91 Å². The van der Waals surface area contributed by atoms with Crippen LogP contribution in [0.4, 0.5) is 4.79 Å². The van der Waals surface area contributed by atoms with Crippen molar-refractivity contribution in [2.24, 2.45) is 11.5 Å². The van der Waals surface area contributed by atoms with Gasteiger partial charge in [-0.05, 0) is 13.8 Å². The molecule has 0 bridgehead atoms. The van der Waals surface area contributed by atoms with Gasteiger partial charge in [0.1, 0.15) is 0 Å². The molecule has 0 radical (unpaired) electrons. The van der Waals surface area contributed by atoms with Gasteiger partial charge in [-0.25, -0.2) is 4.79 Å². The number of rotatable bonds is 5. The van der Waals surface area contributed by atoms with Crippen LogP contribution in [0.15, 0.2) is 0 Å². The number of hydrogen-bond donors (Lipinski definition) is 3. The molecule has 0 spiro atoms. The molecule has 15 heavy (non-hydrogen) atoms. The van der Waals surface area contributed by atoms with Gasteiger partial charge in [0.25, 0.3) is 0 Å². The van der Waals surface area contributed by atoms with E-state index in [9.17, 15) is 9.59 Å². The van der Waals surface area contributed by atoms with E-state index >= 15 is 0 Å². The Morgan fingerprint density at radius 3 is 2.20 bits per heavy atom. The summed E-state index contributed by atoms with van der Waals surface area (Å²) >= 11 is 4.74. The highest BCUT2D eigenvalue weighted by Crippen LogP contribution is 1.96. The highest BCUT2D eigenvalue weighted by Gasteiger charge is 2.15.